The van der Waals surface area contributed by atoms with Crippen molar-refractivity contribution in [2.45, 2.75) is 32.1 Å². The Hall–Kier alpha value is -1.56. The lowest BCUT2D eigenvalue weighted by Gasteiger charge is -2.24. The lowest BCUT2D eigenvalue weighted by Crippen LogP contribution is -2.47. The van der Waals surface area contributed by atoms with Crippen molar-refractivity contribution in [3.8, 4) is 0 Å². The average molecular weight is 311 g/mol. The normalized spacial score (nSPS) is 13.1. The predicted octanol–water partition coefficient (Wildman–Crippen LogP) is 1.48. The third-order valence-corrected chi connectivity index (χ3v) is 5.64. The Kier molecular flexibility index (Phi) is 5.78. The number of hydrogen-bond donors (Lipinski definition) is 2. The molecule has 1 aromatic rings. The van der Waals surface area contributed by atoms with E-state index >= 15 is 0 Å². The van der Waals surface area contributed by atoms with Crippen molar-refractivity contribution in [2.24, 2.45) is 4.99 Å². The third-order valence-electron chi connectivity index (χ3n) is 3.49. The fourth-order valence-electron chi connectivity index (χ4n) is 1.54. The summed E-state index contributed by atoms with van der Waals surface area (Å²) in [4.78, 5) is 4.11. The Morgan fingerprint density at radius 1 is 1.19 bits per heavy atom. The van der Waals surface area contributed by atoms with Crippen LogP contribution in [0.4, 0.5) is 0 Å². The van der Waals surface area contributed by atoms with Crippen LogP contribution < -0.4 is 10.6 Å². The maximum Gasteiger partial charge on any atom is 0.191 e. The van der Waals surface area contributed by atoms with Crippen molar-refractivity contribution in [1.29, 1.82) is 0 Å². The average Bonchev–Trinajstić information content (AvgIpc) is 2.39. The summed E-state index contributed by atoms with van der Waals surface area (Å²) in [5.41, 5.74) is 2.36. The fraction of sp³-hybridized carbons (Fsp3) is 0.533. The van der Waals surface area contributed by atoms with Gasteiger partial charge in [-0.3, -0.25) is 4.99 Å². The van der Waals surface area contributed by atoms with E-state index in [1.807, 2.05) is 6.92 Å². The second-order valence-electron chi connectivity index (χ2n) is 5.80. The number of sulfone groups is 1. The Bertz CT molecular complexity index is 590. The molecule has 0 aliphatic carbocycles. The lowest BCUT2D eigenvalue weighted by atomic mass is 10.1. The first kappa shape index (κ1) is 17.5. The topological polar surface area (TPSA) is 70.6 Å². The van der Waals surface area contributed by atoms with Crippen LogP contribution in [-0.4, -0.2) is 39.0 Å². The molecule has 1 rings (SSSR count). The quantitative estimate of drug-likeness (QED) is 0.638. The number of nitrogens with one attached hydrogen (secondary N) is 2. The van der Waals surface area contributed by atoms with E-state index in [1.54, 1.807) is 20.9 Å². The zero-order chi connectivity index (χ0) is 16.1. The van der Waals surface area contributed by atoms with Gasteiger partial charge < -0.3 is 10.6 Å². The van der Waals surface area contributed by atoms with E-state index in [-0.39, 0.29) is 0 Å². The highest BCUT2D eigenvalue weighted by molar-refractivity contribution is 7.92. The van der Waals surface area contributed by atoms with Gasteiger partial charge in [0.25, 0.3) is 0 Å². The molecule has 0 unspecified atom stereocenters. The molecule has 0 spiro atoms. The van der Waals surface area contributed by atoms with E-state index in [9.17, 15) is 8.42 Å². The van der Waals surface area contributed by atoms with E-state index in [0.29, 0.717) is 19.0 Å². The number of benzene rings is 1. The van der Waals surface area contributed by atoms with Crippen molar-refractivity contribution in [1.82, 2.24) is 10.6 Å². The molecule has 0 aromatic heterocycles. The number of nitrogens with zero attached hydrogens (tertiary/aromatic N) is 1. The summed E-state index contributed by atoms with van der Waals surface area (Å²) in [6.07, 6.45) is 1.25. The Balaban J connectivity index is 2.55. The molecular formula is C15H25N3O2S. The van der Waals surface area contributed by atoms with Crippen LogP contribution in [0.5, 0.6) is 0 Å². The molecule has 2 N–H and O–H groups in total. The van der Waals surface area contributed by atoms with Gasteiger partial charge in [-0.05, 0) is 26.3 Å². The first-order valence-electron chi connectivity index (χ1n) is 6.85. The summed E-state index contributed by atoms with van der Waals surface area (Å²) in [5, 5.41) is 6.23. The van der Waals surface area contributed by atoms with E-state index in [1.165, 1.54) is 11.8 Å². The fourth-order valence-corrected chi connectivity index (χ4v) is 1.87. The van der Waals surface area contributed by atoms with Crippen molar-refractivity contribution < 1.29 is 8.42 Å². The van der Waals surface area contributed by atoms with Gasteiger partial charge in [-0.15, -0.1) is 0 Å². The Morgan fingerprint density at radius 2 is 1.76 bits per heavy atom. The van der Waals surface area contributed by atoms with Crippen LogP contribution in [-0.2, 0) is 16.4 Å². The van der Waals surface area contributed by atoms with Gasteiger partial charge in [0.1, 0.15) is 0 Å². The molecule has 0 bridgehead atoms. The second-order valence-corrected chi connectivity index (χ2v) is 8.45. The molecule has 6 heteroatoms. The molecule has 0 radical (unpaired) electrons. The van der Waals surface area contributed by atoms with Crippen molar-refractivity contribution >= 4 is 15.8 Å². The number of aryl methyl sites for hydroxylation is 1. The zero-order valence-corrected chi connectivity index (χ0v) is 14.2. The maximum atomic E-state index is 11.7. The van der Waals surface area contributed by atoms with Crippen LogP contribution in [0.3, 0.4) is 0 Å². The molecule has 5 nitrogen and oxygen atoms in total. The van der Waals surface area contributed by atoms with Crippen LogP contribution in [0.25, 0.3) is 0 Å². The van der Waals surface area contributed by atoms with Gasteiger partial charge in [-0.2, -0.15) is 0 Å². The molecule has 0 aliphatic heterocycles. The lowest BCUT2D eigenvalue weighted by molar-refractivity contribution is 0.544. The minimum absolute atomic E-state index is 0.305. The van der Waals surface area contributed by atoms with Gasteiger partial charge in [0.2, 0.25) is 0 Å². The van der Waals surface area contributed by atoms with Gasteiger partial charge in [-0.25, -0.2) is 8.42 Å². The maximum absolute atomic E-state index is 11.7. The van der Waals surface area contributed by atoms with Crippen LogP contribution in [0.2, 0.25) is 0 Å². The van der Waals surface area contributed by atoms with E-state index < -0.39 is 14.6 Å². The van der Waals surface area contributed by atoms with Crippen LogP contribution in [0.15, 0.2) is 29.3 Å². The highest BCUT2D eigenvalue weighted by atomic mass is 32.2. The van der Waals surface area contributed by atoms with Gasteiger partial charge in [0, 0.05) is 26.4 Å². The summed E-state index contributed by atoms with van der Waals surface area (Å²) in [6.45, 7) is 6.38. The molecular weight excluding hydrogens is 286 g/mol. The van der Waals surface area contributed by atoms with Crippen molar-refractivity contribution in [2.75, 3.05) is 19.8 Å². The molecule has 0 heterocycles. The number of guanidine groups is 1. The molecule has 21 heavy (non-hydrogen) atoms. The highest BCUT2D eigenvalue weighted by Crippen LogP contribution is 2.13. The highest BCUT2D eigenvalue weighted by Gasteiger charge is 2.30. The SMILES string of the molecule is CN=C(NCc1ccc(C)cc1)NCC(C)(C)S(C)(=O)=O. The number of rotatable bonds is 5. The van der Waals surface area contributed by atoms with Crippen LogP contribution in [0, 0.1) is 6.92 Å². The number of aliphatic imine (C=N–C) groups is 1. The first-order valence-corrected chi connectivity index (χ1v) is 8.74. The molecule has 0 amide bonds. The van der Waals surface area contributed by atoms with Gasteiger partial charge in [0.15, 0.2) is 15.8 Å². The zero-order valence-electron chi connectivity index (χ0n) is 13.4. The molecule has 118 valence electrons. The van der Waals surface area contributed by atoms with E-state index in [0.717, 1.165) is 5.56 Å². The van der Waals surface area contributed by atoms with Crippen LogP contribution in [0.1, 0.15) is 25.0 Å². The first-order chi connectivity index (χ1) is 9.65. The minimum Gasteiger partial charge on any atom is -0.355 e. The molecule has 0 aliphatic rings. The molecule has 0 atom stereocenters. The van der Waals surface area contributed by atoms with Crippen LogP contribution >= 0.6 is 0 Å². The van der Waals surface area contributed by atoms with E-state index in [4.69, 9.17) is 0 Å². The Morgan fingerprint density at radius 3 is 2.24 bits per heavy atom. The smallest absolute Gasteiger partial charge is 0.191 e. The van der Waals surface area contributed by atoms with Gasteiger partial charge >= 0.3 is 0 Å². The molecule has 0 saturated carbocycles. The minimum atomic E-state index is -3.12. The van der Waals surface area contributed by atoms with Crippen molar-refractivity contribution in [3.05, 3.63) is 35.4 Å². The number of hydrogen-bond acceptors (Lipinski definition) is 3. The molecule has 0 fully saturated rings. The molecule has 0 saturated heterocycles. The largest absolute Gasteiger partial charge is 0.355 e. The summed E-state index contributed by atoms with van der Waals surface area (Å²) in [5.74, 6) is 0.590. The summed E-state index contributed by atoms with van der Waals surface area (Å²) in [7, 11) is -1.46. The predicted molar refractivity (Wildman–Crippen MR) is 88.3 cm³/mol. The second kappa shape index (κ2) is 6.93. The van der Waals surface area contributed by atoms with Crippen molar-refractivity contribution in [3.63, 3.8) is 0 Å². The van der Waals surface area contributed by atoms with Gasteiger partial charge in [-0.1, -0.05) is 29.8 Å². The summed E-state index contributed by atoms with van der Waals surface area (Å²) < 4.78 is 22.5. The summed E-state index contributed by atoms with van der Waals surface area (Å²) >= 11 is 0. The third kappa shape index (κ3) is 5.38. The van der Waals surface area contributed by atoms with E-state index in [2.05, 4.69) is 39.9 Å². The molecule has 1 aromatic carbocycles. The standard InChI is InChI=1S/C15H25N3O2S/c1-12-6-8-13(9-7-12)10-17-14(16-4)18-11-15(2,3)21(5,19)20/h6-9H,10-11H2,1-5H3,(H2,16,17,18). The summed E-state index contributed by atoms with van der Waals surface area (Å²) in [6, 6.07) is 8.21. The monoisotopic (exact) mass is 311 g/mol. The Labute approximate surface area is 127 Å². The van der Waals surface area contributed by atoms with Gasteiger partial charge in [0.05, 0.1) is 4.75 Å².